The summed E-state index contributed by atoms with van der Waals surface area (Å²) in [5, 5.41) is 15.1. The van der Waals surface area contributed by atoms with Gasteiger partial charge in [0.15, 0.2) is 0 Å². The second-order valence-electron chi connectivity index (χ2n) is 6.17. The number of carboxylic acids is 1. The first-order valence-electron chi connectivity index (χ1n) is 7.49. The Kier molecular flexibility index (Phi) is 4.68. The molecule has 1 fully saturated rings. The Morgan fingerprint density at radius 1 is 1.30 bits per heavy atom. The summed E-state index contributed by atoms with van der Waals surface area (Å²) in [6.45, 7) is 2.04. The molecule has 0 aromatic heterocycles. The Balaban J connectivity index is 1.95. The molecule has 2 amide bonds. The second kappa shape index (κ2) is 6.29. The van der Waals surface area contributed by atoms with Gasteiger partial charge >= 0.3 is 12.0 Å². The molecule has 5 nitrogen and oxygen atoms in total. The van der Waals surface area contributed by atoms with Crippen molar-refractivity contribution in [3.05, 3.63) is 12.2 Å². The van der Waals surface area contributed by atoms with Crippen molar-refractivity contribution in [2.45, 2.75) is 63.5 Å². The molecule has 20 heavy (non-hydrogen) atoms. The lowest BCUT2D eigenvalue weighted by atomic mass is 9.76. The van der Waals surface area contributed by atoms with E-state index < -0.39 is 11.5 Å². The molecule has 0 aromatic carbocycles. The summed E-state index contributed by atoms with van der Waals surface area (Å²) < 4.78 is 0. The van der Waals surface area contributed by atoms with E-state index in [0.29, 0.717) is 18.8 Å². The van der Waals surface area contributed by atoms with E-state index in [1.807, 2.05) is 6.92 Å². The van der Waals surface area contributed by atoms with Crippen LogP contribution in [0.2, 0.25) is 0 Å². The van der Waals surface area contributed by atoms with Gasteiger partial charge in [-0.05, 0) is 38.0 Å². The maximum atomic E-state index is 12.1. The van der Waals surface area contributed by atoms with E-state index in [-0.39, 0.29) is 12.1 Å². The molecule has 5 heteroatoms. The zero-order valence-corrected chi connectivity index (χ0v) is 12.0. The van der Waals surface area contributed by atoms with Gasteiger partial charge in [-0.1, -0.05) is 31.9 Å². The molecule has 3 N–H and O–H groups in total. The Labute approximate surface area is 119 Å². The van der Waals surface area contributed by atoms with Gasteiger partial charge in [-0.2, -0.15) is 0 Å². The second-order valence-corrected chi connectivity index (χ2v) is 6.17. The van der Waals surface area contributed by atoms with Crippen molar-refractivity contribution in [2.24, 2.45) is 5.92 Å². The number of carbonyl (C=O) groups excluding carboxylic acids is 1. The van der Waals surface area contributed by atoms with Gasteiger partial charge in [0, 0.05) is 6.04 Å². The van der Waals surface area contributed by atoms with E-state index in [2.05, 4.69) is 22.8 Å². The molecule has 0 heterocycles. The lowest BCUT2D eigenvalue weighted by Crippen LogP contribution is -2.60. The van der Waals surface area contributed by atoms with Crippen molar-refractivity contribution in [1.82, 2.24) is 10.6 Å². The largest absolute Gasteiger partial charge is 0.480 e. The van der Waals surface area contributed by atoms with Gasteiger partial charge in [-0.25, -0.2) is 9.59 Å². The molecule has 0 radical (unpaired) electrons. The Morgan fingerprint density at radius 2 is 2.10 bits per heavy atom. The van der Waals surface area contributed by atoms with Crippen molar-refractivity contribution < 1.29 is 14.7 Å². The molecule has 0 saturated heterocycles. The lowest BCUT2D eigenvalue weighted by Gasteiger charge is -2.37. The molecule has 2 aliphatic carbocycles. The van der Waals surface area contributed by atoms with Crippen LogP contribution in [0.1, 0.15) is 51.9 Å². The molecule has 3 unspecified atom stereocenters. The van der Waals surface area contributed by atoms with Crippen LogP contribution in [0.5, 0.6) is 0 Å². The zero-order valence-electron chi connectivity index (χ0n) is 12.0. The highest BCUT2D eigenvalue weighted by molar-refractivity contribution is 5.86. The number of aliphatic carboxylic acids is 1. The Hall–Kier alpha value is -1.52. The maximum Gasteiger partial charge on any atom is 0.329 e. The van der Waals surface area contributed by atoms with Gasteiger partial charge < -0.3 is 15.7 Å². The molecule has 2 aliphatic rings. The number of amides is 2. The van der Waals surface area contributed by atoms with Crippen LogP contribution in [0.25, 0.3) is 0 Å². The molecule has 1 saturated carbocycles. The maximum absolute atomic E-state index is 12.1. The fraction of sp³-hybridized carbons (Fsp3) is 0.733. The van der Waals surface area contributed by atoms with Crippen LogP contribution < -0.4 is 10.6 Å². The third-order valence-electron chi connectivity index (χ3n) is 4.36. The number of rotatable bonds is 3. The third kappa shape index (κ3) is 3.52. The van der Waals surface area contributed by atoms with Crippen LogP contribution in [-0.2, 0) is 4.79 Å². The fourth-order valence-electron chi connectivity index (χ4n) is 3.28. The quantitative estimate of drug-likeness (QED) is 0.695. The molecule has 0 bridgehead atoms. The monoisotopic (exact) mass is 280 g/mol. The molecular weight excluding hydrogens is 256 g/mol. The predicted octanol–water partition coefficient (Wildman–Crippen LogP) is 2.43. The number of urea groups is 1. The van der Waals surface area contributed by atoms with E-state index in [1.54, 1.807) is 0 Å². The van der Waals surface area contributed by atoms with Crippen molar-refractivity contribution in [1.29, 1.82) is 0 Å². The summed E-state index contributed by atoms with van der Waals surface area (Å²) >= 11 is 0. The predicted molar refractivity (Wildman–Crippen MR) is 76.4 cm³/mol. The molecule has 2 rings (SSSR count). The van der Waals surface area contributed by atoms with Crippen molar-refractivity contribution in [2.75, 3.05) is 0 Å². The van der Waals surface area contributed by atoms with Crippen LogP contribution in [0.3, 0.4) is 0 Å². The number of carbonyl (C=O) groups is 2. The minimum atomic E-state index is -1.09. The van der Waals surface area contributed by atoms with Crippen LogP contribution in [-0.4, -0.2) is 28.7 Å². The Morgan fingerprint density at radius 3 is 2.70 bits per heavy atom. The first kappa shape index (κ1) is 14.9. The van der Waals surface area contributed by atoms with Gasteiger partial charge in [0.25, 0.3) is 0 Å². The van der Waals surface area contributed by atoms with Crippen LogP contribution in [0.4, 0.5) is 4.79 Å². The molecule has 0 aliphatic heterocycles. The third-order valence-corrected chi connectivity index (χ3v) is 4.36. The summed E-state index contributed by atoms with van der Waals surface area (Å²) in [6, 6.07) is -0.228. The van der Waals surface area contributed by atoms with Crippen LogP contribution >= 0.6 is 0 Å². The summed E-state index contributed by atoms with van der Waals surface area (Å²) in [7, 11) is 0. The number of hydrogen-bond acceptors (Lipinski definition) is 2. The van der Waals surface area contributed by atoms with E-state index in [4.69, 9.17) is 0 Å². The average molecular weight is 280 g/mol. The van der Waals surface area contributed by atoms with Crippen molar-refractivity contribution in [3.63, 3.8) is 0 Å². The highest BCUT2D eigenvalue weighted by atomic mass is 16.4. The van der Waals surface area contributed by atoms with Gasteiger partial charge in [0.2, 0.25) is 0 Å². The lowest BCUT2D eigenvalue weighted by molar-refractivity contribution is -0.146. The zero-order chi connectivity index (χ0) is 14.6. The first-order valence-corrected chi connectivity index (χ1v) is 7.49. The van der Waals surface area contributed by atoms with Crippen molar-refractivity contribution in [3.8, 4) is 0 Å². The summed E-state index contributed by atoms with van der Waals surface area (Å²) in [5.41, 5.74) is -1.09. The molecule has 3 atom stereocenters. The minimum absolute atomic E-state index is 0.117. The van der Waals surface area contributed by atoms with E-state index in [9.17, 15) is 14.7 Å². The molecule has 0 spiro atoms. The molecule has 112 valence electrons. The van der Waals surface area contributed by atoms with Gasteiger partial charge in [0.05, 0.1) is 0 Å². The highest BCUT2D eigenvalue weighted by Crippen LogP contribution is 2.32. The summed E-state index contributed by atoms with van der Waals surface area (Å²) in [4.78, 5) is 23.7. The van der Waals surface area contributed by atoms with Crippen LogP contribution in [0.15, 0.2) is 12.2 Å². The summed E-state index contributed by atoms with van der Waals surface area (Å²) in [5.74, 6) is -0.583. The van der Waals surface area contributed by atoms with Gasteiger partial charge in [-0.3, -0.25) is 0 Å². The molecular formula is C15H24N2O3. The van der Waals surface area contributed by atoms with E-state index >= 15 is 0 Å². The first-order chi connectivity index (χ1) is 9.52. The standard InChI is InChI=1S/C15H24N2O3/c1-11-6-5-9-15(10-11,13(18)19)17-14(20)16-12-7-3-2-4-8-12/h2-3,11-12H,4-10H2,1H3,(H,18,19)(H2,16,17,20). The summed E-state index contributed by atoms with van der Waals surface area (Å²) in [6.07, 6.45) is 9.79. The Bertz CT molecular complexity index is 408. The van der Waals surface area contributed by atoms with Gasteiger partial charge in [-0.15, -0.1) is 0 Å². The smallest absolute Gasteiger partial charge is 0.329 e. The highest BCUT2D eigenvalue weighted by Gasteiger charge is 2.43. The van der Waals surface area contributed by atoms with E-state index in [1.165, 1.54) is 0 Å². The topological polar surface area (TPSA) is 78.4 Å². The number of hydrogen-bond donors (Lipinski definition) is 3. The number of carboxylic acid groups (broad SMARTS) is 1. The molecule has 0 aromatic rings. The van der Waals surface area contributed by atoms with Crippen LogP contribution in [0, 0.1) is 5.92 Å². The number of allylic oxidation sites excluding steroid dienone is 1. The van der Waals surface area contributed by atoms with Gasteiger partial charge in [0.1, 0.15) is 5.54 Å². The minimum Gasteiger partial charge on any atom is -0.480 e. The normalized spacial score (nSPS) is 33.5. The average Bonchev–Trinajstić information content (AvgIpc) is 2.39. The van der Waals surface area contributed by atoms with Crippen molar-refractivity contribution >= 4 is 12.0 Å². The fourth-order valence-corrected chi connectivity index (χ4v) is 3.28. The number of nitrogens with one attached hydrogen (secondary N) is 2. The van der Waals surface area contributed by atoms with E-state index in [0.717, 1.165) is 32.1 Å². The SMILES string of the molecule is CC1CCCC(NC(=O)NC2CC=CCC2)(C(=O)O)C1.